The van der Waals surface area contributed by atoms with Gasteiger partial charge >= 0.3 is 0 Å². The van der Waals surface area contributed by atoms with E-state index in [4.69, 9.17) is 0 Å². The molecule has 166 valence electrons. The average molecular weight is 561 g/mol. The number of hydrogen-bond donors (Lipinski definition) is 1. The van der Waals surface area contributed by atoms with E-state index in [1.165, 1.54) is 12.1 Å². The summed E-state index contributed by atoms with van der Waals surface area (Å²) in [5.74, 6) is -0.532. The average Bonchev–Trinajstić information content (AvgIpc) is 2.78. The second-order valence-electron chi connectivity index (χ2n) is 7.29. The van der Waals surface area contributed by atoms with Crippen LogP contribution in [0.1, 0.15) is 23.6 Å². The van der Waals surface area contributed by atoms with Gasteiger partial charge in [-0.15, -0.1) is 0 Å². The highest BCUT2D eigenvalue weighted by Crippen LogP contribution is 2.28. The van der Waals surface area contributed by atoms with Crippen molar-refractivity contribution >= 4 is 49.9 Å². The van der Waals surface area contributed by atoms with E-state index < -0.39 is 22.5 Å². The maximum atomic E-state index is 13.4. The maximum Gasteiger partial charge on any atom is 0.264 e. The largest absolute Gasteiger partial charge is 0.271 e. The minimum absolute atomic E-state index is 0.118. The molecule has 0 saturated carbocycles. The van der Waals surface area contributed by atoms with Crippen molar-refractivity contribution in [3.05, 3.63) is 93.1 Å². The first-order chi connectivity index (χ1) is 15.2. The lowest BCUT2D eigenvalue weighted by Gasteiger charge is -2.26. The van der Waals surface area contributed by atoms with Gasteiger partial charge in [-0.2, -0.15) is 5.10 Å². The van der Waals surface area contributed by atoms with Gasteiger partial charge in [0.1, 0.15) is 6.54 Å². The lowest BCUT2D eigenvalue weighted by Crippen LogP contribution is -2.40. The second-order valence-corrected chi connectivity index (χ2v) is 10.4. The first kappa shape index (κ1) is 23.9. The first-order valence-corrected chi connectivity index (χ1v) is 12.4. The van der Waals surface area contributed by atoms with Crippen LogP contribution in [0.2, 0.25) is 0 Å². The summed E-state index contributed by atoms with van der Waals surface area (Å²) in [5.41, 5.74) is 6.18. The molecule has 0 aliphatic carbocycles. The Hall–Kier alpha value is -2.72. The van der Waals surface area contributed by atoms with Gasteiger partial charge in [0.15, 0.2) is 0 Å². The number of sulfonamides is 1. The molecule has 3 rings (SSSR count). The number of amides is 1. The zero-order chi connectivity index (χ0) is 23.3. The van der Waals surface area contributed by atoms with E-state index >= 15 is 0 Å². The molecular formula is C24H24IN3O3S. The van der Waals surface area contributed by atoms with E-state index in [0.717, 1.165) is 24.6 Å². The van der Waals surface area contributed by atoms with Crippen molar-refractivity contribution in [1.29, 1.82) is 0 Å². The molecule has 3 aromatic rings. The highest BCUT2D eigenvalue weighted by Gasteiger charge is 2.28. The molecule has 0 radical (unpaired) electrons. The lowest BCUT2D eigenvalue weighted by atomic mass is 10.1. The Morgan fingerprint density at radius 2 is 1.69 bits per heavy atom. The van der Waals surface area contributed by atoms with Crippen LogP contribution in [-0.4, -0.2) is 26.6 Å². The molecule has 0 aromatic heterocycles. The Kier molecular flexibility index (Phi) is 7.68. The van der Waals surface area contributed by atoms with Gasteiger partial charge < -0.3 is 0 Å². The van der Waals surface area contributed by atoms with Crippen LogP contribution in [0.3, 0.4) is 0 Å². The number of nitrogens with one attached hydrogen (secondary N) is 1. The number of benzene rings is 3. The molecule has 0 aliphatic rings. The molecule has 0 heterocycles. The topological polar surface area (TPSA) is 78.8 Å². The first-order valence-electron chi connectivity index (χ1n) is 9.93. The van der Waals surface area contributed by atoms with Gasteiger partial charge in [0, 0.05) is 3.57 Å². The lowest BCUT2D eigenvalue weighted by molar-refractivity contribution is -0.119. The molecule has 8 heteroatoms. The third-order valence-electron chi connectivity index (χ3n) is 5.05. The van der Waals surface area contributed by atoms with Crippen LogP contribution < -0.4 is 9.73 Å². The van der Waals surface area contributed by atoms with E-state index in [0.29, 0.717) is 11.4 Å². The summed E-state index contributed by atoms with van der Waals surface area (Å²) < 4.78 is 29.1. The SMILES string of the molecule is C/C(=N\NC(=O)CN(c1cccc(C)c1C)S(=O)(=O)c1ccccc1)c1cccc(I)c1. The predicted octanol–water partition coefficient (Wildman–Crippen LogP) is 4.64. The molecule has 1 N–H and O–H groups in total. The van der Waals surface area contributed by atoms with Crippen molar-refractivity contribution in [2.75, 3.05) is 10.8 Å². The van der Waals surface area contributed by atoms with Gasteiger partial charge in [-0.1, -0.05) is 42.5 Å². The summed E-state index contributed by atoms with van der Waals surface area (Å²) in [5, 5.41) is 4.17. The van der Waals surface area contributed by atoms with Crippen LogP contribution in [0.5, 0.6) is 0 Å². The standard InChI is InChI=1S/C24H24IN3O3S/c1-17-9-7-14-23(18(17)2)28(32(30,31)22-12-5-4-6-13-22)16-24(29)27-26-19(3)20-10-8-11-21(25)15-20/h4-15H,16H2,1-3H3,(H,27,29)/b26-19+. The van der Waals surface area contributed by atoms with Gasteiger partial charge in [-0.3, -0.25) is 9.10 Å². The smallest absolute Gasteiger partial charge is 0.264 e. The minimum Gasteiger partial charge on any atom is -0.271 e. The third kappa shape index (κ3) is 5.55. The van der Waals surface area contributed by atoms with Crippen molar-refractivity contribution < 1.29 is 13.2 Å². The quantitative estimate of drug-likeness (QED) is 0.259. The van der Waals surface area contributed by atoms with Gasteiger partial charge in [-0.25, -0.2) is 13.8 Å². The molecule has 6 nitrogen and oxygen atoms in total. The van der Waals surface area contributed by atoms with E-state index in [1.54, 1.807) is 37.3 Å². The monoisotopic (exact) mass is 561 g/mol. The summed E-state index contributed by atoms with van der Waals surface area (Å²) in [4.78, 5) is 12.9. The van der Waals surface area contributed by atoms with Gasteiger partial charge in [0.2, 0.25) is 0 Å². The van der Waals surface area contributed by atoms with Crippen molar-refractivity contribution in [2.45, 2.75) is 25.7 Å². The highest BCUT2D eigenvalue weighted by molar-refractivity contribution is 14.1. The molecule has 32 heavy (non-hydrogen) atoms. The summed E-state index contributed by atoms with van der Waals surface area (Å²) in [6.07, 6.45) is 0. The third-order valence-corrected chi connectivity index (χ3v) is 7.50. The Bertz CT molecular complexity index is 1260. The fourth-order valence-electron chi connectivity index (χ4n) is 3.12. The number of anilines is 1. The van der Waals surface area contributed by atoms with Crippen LogP contribution in [-0.2, 0) is 14.8 Å². The zero-order valence-corrected chi connectivity index (χ0v) is 21.0. The van der Waals surface area contributed by atoms with Crippen LogP contribution in [0.25, 0.3) is 0 Å². The number of nitrogens with zero attached hydrogens (tertiary/aromatic N) is 2. The zero-order valence-electron chi connectivity index (χ0n) is 18.0. The fourth-order valence-corrected chi connectivity index (χ4v) is 5.16. The van der Waals surface area contributed by atoms with E-state index in [9.17, 15) is 13.2 Å². The number of aryl methyl sites for hydroxylation is 1. The summed E-state index contributed by atoms with van der Waals surface area (Å²) in [6, 6.07) is 21.2. The predicted molar refractivity (Wildman–Crippen MR) is 136 cm³/mol. The molecule has 3 aromatic carbocycles. The molecule has 1 amide bonds. The van der Waals surface area contributed by atoms with Crippen molar-refractivity contribution in [3.8, 4) is 0 Å². The number of hydrazone groups is 1. The van der Waals surface area contributed by atoms with Gasteiger partial charge in [0.05, 0.1) is 16.3 Å². The number of halogens is 1. The molecule has 0 atom stereocenters. The van der Waals surface area contributed by atoms with Crippen LogP contribution in [0.15, 0.2) is 82.8 Å². The summed E-state index contributed by atoms with van der Waals surface area (Å²) in [7, 11) is -3.96. The number of hydrogen-bond acceptors (Lipinski definition) is 4. The van der Waals surface area contributed by atoms with E-state index in [2.05, 4.69) is 33.1 Å². The fraction of sp³-hybridized carbons (Fsp3) is 0.167. The molecule has 0 spiro atoms. The Morgan fingerprint density at radius 1 is 1.00 bits per heavy atom. The van der Waals surface area contributed by atoms with Crippen LogP contribution >= 0.6 is 22.6 Å². The minimum atomic E-state index is -3.96. The number of carbonyl (C=O) groups is 1. The van der Waals surface area contributed by atoms with Crippen molar-refractivity contribution in [1.82, 2.24) is 5.43 Å². The Balaban J connectivity index is 1.91. The van der Waals surface area contributed by atoms with E-state index in [1.807, 2.05) is 44.2 Å². The van der Waals surface area contributed by atoms with E-state index in [-0.39, 0.29) is 4.90 Å². The molecule has 0 unspecified atom stereocenters. The second kappa shape index (κ2) is 10.3. The molecule has 0 saturated heterocycles. The molecule has 0 fully saturated rings. The number of rotatable bonds is 7. The van der Waals surface area contributed by atoms with Crippen LogP contribution in [0.4, 0.5) is 5.69 Å². The Labute approximate surface area is 202 Å². The molecule has 0 bridgehead atoms. The number of carbonyl (C=O) groups excluding carboxylic acids is 1. The normalized spacial score (nSPS) is 11.8. The van der Waals surface area contributed by atoms with Crippen molar-refractivity contribution in [3.63, 3.8) is 0 Å². The van der Waals surface area contributed by atoms with Gasteiger partial charge in [-0.05, 0) is 90.4 Å². The summed E-state index contributed by atoms with van der Waals surface area (Å²) in [6.45, 7) is 5.13. The van der Waals surface area contributed by atoms with Crippen molar-refractivity contribution in [2.24, 2.45) is 5.10 Å². The Morgan fingerprint density at radius 3 is 2.38 bits per heavy atom. The molecule has 0 aliphatic heterocycles. The summed E-state index contributed by atoms with van der Waals surface area (Å²) >= 11 is 2.21. The maximum absolute atomic E-state index is 13.4. The highest BCUT2D eigenvalue weighted by atomic mass is 127. The van der Waals surface area contributed by atoms with Gasteiger partial charge in [0.25, 0.3) is 15.9 Å². The van der Waals surface area contributed by atoms with Crippen LogP contribution in [0, 0.1) is 17.4 Å². The molecular weight excluding hydrogens is 537 g/mol.